The number of aromatic hydroxyl groups is 1. The molecule has 13 N–H and O–H groups in total. The van der Waals surface area contributed by atoms with E-state index in [9.17, 15) is 119 Å². The van der Waals surface area contributed by atoms with Crippen molar-refractivity contribution in [2.24, 2.45) is 0 Å². The SMILES string of the molecule is CCO.Nc1ccc(CC(=O)Oc2ccc(C(=O)Oc3ccccc3C(=O)Nc3ncn[nH]3)cc2)c(N)c1.O=C(Cc1ccc([N+](=O)[O-])cc1[N+](=O)[O-])Oc1ccc(C(=O)Cl)cc1.O=C(Cc1ccc([N+](=O)[O-])cc1[N+](=O)[O-])Oc1ccc(C(=O)O)cc1.O=C(Cc1ccc([N+](=O)[O-])cc1[N+](=O)[O-])Oc1ccc(C(=O)Oc2ccccc2C(=O)Nc2ncn[nH]2)cc1.O=C(Nc1ncn[nH]1)c1ccccc1O.O=S(Cl)Cl. The van der Waals surface area contributed by atoms with E-state index in [1.165, 1.54) is 152 Å². The van der Waals surface area contributed by atoms with Crippen molar-refractivity contribution in [1.82, 2.24) is 45.5 Å². The first-order valence-corrected chi connectivity index (χ1v) is 43.6. The lowest BCUT2D eigenvalue weighted by atomic mass is 10.1. The molecule has 3 heterocycles. The average molecular weight is 2090 g/mol. The second kappa shape index (κ2) is 55.0. The van der Waals surface area contributed by atoms with E-state index in [-0.39, 0.29) is 127 Å². The molecule has 0 saturated carbocycles. The number of anilines is 5. The van der Waals surface area contributed by atoms with Gasteiger partial charge < -0.3 is 55.2 Å². The van der Waals surface area contributed by atoms with Crippen LogP contribution in [0.3, 0.4) is 0 Å². The summed E-state index contributed by atoms with van der Waals surface area (Å²) in [4.78, 5) is 204. The Bertz CT molecular complexity index is 7020. The van der Waals surface area contributed by atoms with Gasteiger partial charge in [0.1, 0.15) is 59.2 Å². The molecule has 3 amide bonds. The average Bonchev–Trinajstić information content (AvgIpc) is 1.37. The normalized spacial score (nSPS) is 10.1. The number of aliphatic hydroxyl groups excluding tert-OH is 1. The fourth-order valence-electron chi connectivity index (χ4n) is 11.5. The number of aromatic carboxylic acids is 1. The number of amides is 3. The van der Waals surface area contributed by atoms with Crippen molar-refractivity contribution < 1.29 is 130 Å². The van der Waals surface area contributed by atoms with Crippen molar-refractivity contribution in [3.8, 4) is 40.2 Å². The highest BCUT2D eigenvalue weighted by atomic mass is 36.0. The molecule has 0 spiro atoms. The number of phenols is 1. The lowest BCUT2D eigenvalue weighted by Gasteiger charge is -2.10. The molecule has 0 unspecified atom stereocenters. The maximum atomic E-state index is 12.7. The van der Waals surface area contributed by atoms with Crippen LogP contribution in [-0.2, 0) is 54.1 Å². The zero-order chi connectivity index (χ0) is 107. The number of carbonyl (C=O) groups is 11. The van der Waals surface area contributed by atoms with Crippen LogP contribution in [0.5, 0.6) is 40.2 Å². The van der Waals surface area contributed by atoms with Gasteiger partial charge in [0.2, 0.25) is 27.1 Å². The molecular weight excluding hydrogens is 2020 g/mol. The predicted molar refractivity (Wildman–Crippen MR) is 511 cm³/mol. The van der Waals surface area contributed by atoms with Crippen LogP contribution in [0.4, 0.5) is 63.3 Å². The number of para-hydroxylation sites is 3. The Balaban J connectivity index is 0.000000225. The van der Waals surface area contributed by atoms with E-state index in [4.69, 9.17) is 65.9 Å². The number of aromatic nitrogens is 9. The van der Waals surface area contributed by atoms with Gasteiger partial charge in [0.05, 0.1) is 107 Å². The van der Waals surface area contributed by atoms with Crippen LogP contribution in [0.25, 0.3) is 0 Å². The molecule has 0 radical (unpaired) electrons. The summed E-state index contributed by atoms with van der Waals surface area (Å²) < 4.78 is 40.3. The Labute approximate surface area is 832 Å². The van der Waals surface area contributed by atoms with Crippen molar-refractivity contribution in [2.45, 2.75) is 32.6 Å². The number of ether oxygens (including phenoxy) is 6. The third-order valence-electron chi connectivity index (χ3n) is 18.0. The number of carbonyl (C=O) groups excluding carboxylic acids is 10. The van der Waals surface area contributed by atoms with Crippen molar-refractivity contribution in [3.05, 3.63) is 384 Å². The van der Waals surface area contributed by atoms with Crippen LogP contribution in [0.15, 0.2) is 262 Å². The maximum Gasteiger partial charge on any atom is 0.343 e. The number of carboxylic acid groups (broad SMARTS) is 1. The Morgan fingerprint density at radius 2 is 0.664 bits per heavy atom. The number of hydrogen-bond acceptors (Lipinski definition) is 40. The second-order valence-corrected chi connectivity index (χ2v) is 30.7. The first-order chi connectivity index (χ1) is 69.6. The number of non-ortho nitro benzene ring substituents is 3. The van der Waals surface area contributed by atoms with Crippen molar-refractivity contribution in [3.63, 3.8) is 0 Å². The number of nitro groups is 6. The van der Waals surface area contributed by atoms with Gasteiger partial charge in [-0.1, -0.05) is 42.5 Å². The summed E-state index contributed by atoms with van der Waals surface area (Å²) in [6.07, 6.45) is 2.24. The van der Waals surface area contributed by atoms with Gasteiger partial charge in [-0.05, 0) is 188 Å². The van der Waals surface area contributed by atoms with Gasteiger partial charge in [-0.3, -0.25) is 115 Å². The maximum absolute atomic E-state index is 12.7. The molecule has 14 aromatic rings. The molecule has 53 nitrogen and oxygen atoms in total. The van der Waals surface area contributed by atoms with Crippen LogP contribution >= 0.6 is 33.0 Å². The van der Waals surface area contributed by atoms with Gasteiger partial charge in [-0.2, -0.15) is 30.2 Å². The largest absolute Gasteiger partial charge is 0.507 e. The predicted octanol–water partition coefficient (Wildman–Crippen LogP) is 13.0. The molecule has 0 fully saturated rings. The molecule has 0 aliphatic heterocycles. The second-order valence-electron chi connectivity index (χ2n) is 27.9. The third-order valence-corrected chi connectivity index (χ3v) is 18.2. The Morgan fingerprint density at radius 1 is 0.384 bits per heavy atom. The van der Waals surface area contributed by atoms with Crippen LogP contribution in [0, 0.1) is 60.7 Å². The minimum Gasteiger partial charge on any atom is -0.507 e. The van der Waals surface area contributed by atoms with Gasteiger partial charge in [0, 0.05) is 79.8 Å². The van der Waals surface area contributed by atoms with Gasteiger partial charge in [-0.25, -0.2) is 33.9 Å². The minimum absolute atomic E-state index is 0.00538. The molecule has 0 aliphatic rings. The summed E-state index contributed by atoms with van der Waals surface area (Å²) in [7, 11) is 7.36. The molecule has 3 aromatic heterocycles. The van der Waals surface area contributed by atoms with Gasteiger partial charge >= 0.3 is 41.8 Å². The Morgan fingerprint density at radius 3 is 0.945 bits per heavy atom. The number of halogens is 3. The summed E-state index contributed by atoms with van der Waals surface area (Å²) in [5, 5.41) is 116. The highest BCUT2D eigenvalue weighted by Crippen LogP contribution is 2.32. The Hall–Kier alpha value is -20.0. The summed E-state index contributed by atoms with van der Waals surface area (Å²) in [6, 6.07) is 53.7. The summed E-state index contributed by atoms with van der Waals surface area (Å²) >= 11 is 5.29. The topological polar surface area (TPSA) is 793 Å². The number of nitrogen functional groups attached to an aromatic ring is 2. The smallest absolute Gasteiger partial charge is 0.343 e. The Kier molecular flexibility index (Phi) is 41.9. The number of carboxylic acids is 1. The molecule has 0 bridgehead atoms. The van der Waals surface area contributed by atoms with E-state index in [1.54, 1.807) is 61.5 Å². The van der Waals surface area contributed by atoms with Crippen molar-refractivity contribution in [1.29, 1.82) is 0 Å². The number of aliphatic hydroxyl groups is 1. The summed E-state index contributed by atoms with van der Waals surface area (Å²) in [5.74, 6) is -6.29. The molecule has 0 saturated heterocycles. The molecular formula is C89H69Cl3N20O33S. The first kappa shape index (κ1) is 111. The van der Waals surface area contributed by atoms with E-state index in [1.807, 2.05) is 0 Å². The van der Waals surface area contributed by atoms with Gasteiger partial charge in [0.15, 0.2) is 0 Å². The number of phenolic OH excluding ortho intramolecular Hbond substituents is 1. The monoisotopic (exact) mass is 2080 g/mol. The molecule has 14 rings (SSSR count). The lowest BCUT2D eigenvalue weighted by Crippen LogP contribution is -2.17. The highest BCUT2D eigenvalue weighted by molar-refractivity contribution is 8.26. The number of nitrogens with zero attached hydrogens (tertiary/aromatic N) is 12. The number of nitro benzene ring substituents is 6. The van der Waals surface area contributed by atoms with Crippen LogP contribution < -0.4 is 55.8 Å². The fraction of sp³-hybridized carbons (Fsp3) is 0.0674. The van der Waals surface area contributed by atoms with E-state index in [0.717, 1.165) is 54.6 Å². The van der Waals surface area contributed by atoms with Crippen LogP contribution in [0.2, 0.25) is 0 Å². The number of H-pyrrole nitrogens is 3. The zero-order valence-electron chi connectivity index (χ0n) is 74.0. The van der Waals surface area contributed by atoms with Gasteiger partial charge in [0.25, 0.3) is 57.1 Å². The number of benzene rings is 11. The van der Waals surface area contributed by atoms with E-state index < -0.39 is 157 Å². The standard InChI is InChI=1S/C24H16N6O9.C24H20N6O5.C15H9ClN2O7.C15H10N2O8.C9H8N4O2.C2H6O.Cl2OS/c31-21(11-15-5-8-16(29(34)35)12-19(15)30(36)37)38-17-9-6-14(7-10-17)23(33)39-20-4-2-1-3-18(20)22(32)27-24-25-13-26-28-24;25-16-8-5-15(19(26)12-16)11-21(31)34-17-9-6-14(7-10-17)23(33)35-20-4-2-1-3-18(20)22(32)29-24-27-13-28-30-24;16-15(20)9-2-5-12(6-3-9)25-14(19)7-10-1-4-11(17(21)22)8-13(10)18(23)24;18-14(25-12-5-2-9(3-6-12)15(19)20)7-10-1-4-11(16(21)22)8-13(10)17(23)24;14-7-4-2-1-3-6(7)8(15)12-9-10-5-11-13-9;1-2-3;1-4(2)3/h1-10,12-13H,11H2,(H2,25,26,27,28,32);1-10,12-13H,11,25-26H2,(H2,27,28,29,30,32);1-6,8H,7H2;1-6,8H,7H2,(H,19,20);1-5,14H,(H2,10,11,12,13,15);3H,2H2,1H3;. The molecule has 11 aromatic carbocycles. The summed E-state index contributed by atoms with van der Waals surface area (Å²) in [6.45, 7) is 1.93. The van der Waals surface area contributed by atoms with E-state index in [2.05, 4.69) is 82.9 Å². The molecule has 146 heavy (non-hydrogen) atoms. The third kappa shape index (κ3) is 35.5. The quantitative estimate of drug-likeness (QED) is 0.00497. The number of nitrogens with two attached hydrogens (primary N) is 2. The number of aromatic amines is 3. The van der Waals surface area contributed by atoms with Gasteiger partial charge in [-0.15, -0.1) is 0 Å². The van der Waals surface area contributed by atoms with Crippen molar-refractivity contribution >= 4 is 170 Å². The number of hydrogen-bond donors (Lipinski definition) is 11. The molecule has 0 atom stereocenters. The van der Waals surface area contributed by atoms with Crippen LogP contribution in [0.1, 0.15) is 102 Å². The first-order valence-electron chi connectivity index (χ1n) is 40.4. The minimum atomic E-state index is -1.67. The van der Waals surface area contributed by atoms with Crippen molar-refractivity contribution in [2.75, 3.05) is 34.0 Å². The number of rotatable bonds is 30. The lowest BCUT2D eigenvalue weighted by molar-refractivity contribution is -0.394. The molecule has 57 heteroatoms. The fourth-order valence-corrected chi connectivity index (χ4v) is 11.6. The van der Waals surface area contributed by atoms with Crippen LogP contribution in [-0.4, -0.2) is 166 Å². The van der Waals surface area contributed by atoms with E-state index in [0.29, 0.717) is 16.9 Å². The zero-order valence-corrected chi connectivity index (χ0v) is 77.1. The number of esters is 6. The summed E-state index contributed by atoms with van der Waals surface area (Å²) in [5.41, 5.74) is 10.7. The highest BCUT2D eigenvalue weighted by Gasteiger charge is 2.28. The molecule has 750 valence electrons. The molecule has 0 aliphatic carbocycles. The number of nitrogens with one attached hydrogen (secondary N) is 6. The van der Waals surface area contributed by atoms with E-state index >= 15 is 0 Å².